The maximum Gasteiger partial charge on any atom is 0.342 e. The lowest BCUT2D eigenvalue weighted by atomic mass is 10.1. The maximum atomic E-state index is 13.7. The highest BCUT2D eigenvalue weighted by atomic mass is 35.5. The zero-order valence-corrected chi connectivity index (χ0v) is 20.8. The Hall–Kier alpha value is -3.62. The third kappa shape index (κ3) is 4.67. The number of sulfonamides is 1. The average Bonchev–Trinajstić information content (AvgIpc) is 3.15. The van der Waals surface area contributed by atoms with Crippen LogP contribution in [0.5, 0.6) is 0 Å². The monoisotopic (exact) mass is 511 g/mol. The smallest absolute Gasteiger partial charge is 0.342 e. The molecule has 1 amide bonds. The quantitative estimate of drug-likeness (QED) is 0.298. The molecule has 0 spiro atoms. The summed E-state index contributed by atoms with van der Waals surface area (Å²) in [6, 6.07) is 16.5. The van der Waals surface area contributed by atoms with Gasteiger partial charge in [-0.05, 0) is 75.4 Å². The number of carbonyl (C=O) groups excluding carboxylic acids is 2. The summed E-state index contributed by atoms with van der Waals surface area (Å²) in [6.07, 6.45) is 0. The molecule has 0 fully saturated rings. The van der Waals surface area contributed by atoms with E-state index in [-0.39, 0.29) is 28.3 Å². The van der Waals surface area contributed by atoms with Gasteiger partial charge in [0.2, 0.25) is 0 Å². The number of hydrogen-bond acceptors (Lipinski definition) is 6. The van der Waals surface area contributed by atoms with Crippen LogP contribution >= 0.6 is 11.6 Å². The number of anilines is 1. The molecule has 0 atom stereocenters. The van der Waals surface area contributed by atoms with Gasteiger partial charge in [0.05, 0.1) is 17.2 Å². The largest absolute Gasteiger partial charge is 0.462 e. The molecule has 4 rings (SSSR count). The van der Waals surface area contributed by atoms with Crippen molar-refractivity contribution in [2.45, 2.75) is 25.7 Å². The molecule has 180 valence electrons. The van der Waals surface area contributed by atoms with E-state index in [0.717, 1.165) is 9.87 Å². The first-order valence-electron chi connectivity index (χ1n) is 10.8. The van der Waals surface area contributed by atoms with Crippen LogP contribution < -0.4 is 4.31 Å². The first-order valence-corrected chi connectivity index (χ1v) is 12.6. The van der Waals surface area contributed by atoms with Gasteiger partial charge >= 0.3 is 5.97 Å². The number of hydrogen-bond donors (Lipinski definition) is 0. The van der Waals surface area contributed by atoms with Crippen molar-refractivity contribution in [1.29, 1.82) is 0 Å². The standard InChI is InChI=1S/C26H22ClNO6S/c1-4-33-26(30)24-17(3)34-23-14-11-20(15-22(23)24)28(25(29)18-7-5-16(2)6-8-18)35(31,32)21-12-9-19(27)10-13-21/h5-15H,4H2,1-3H3. The number of nitrogens with zero attached hydrogens (tertiary/aromatic N) is 1. The summed E-state index contributed by atoms with van der Waals surface area (Å²) < 4.78 is 39.0. The fourth-order valence-corrected chi connectivity index (χ4v) is 5.21. The molecule has 0 aliphatic heterocycles. The second-order valence-corrected chi connectivity index (χ2v) is 10.1. The Morgan fingerprint density at radius 3 is 2.26 bits per heavy atom. The predicted octanol–water partition coefficient (Wildman–Crippen LogP) is 5.92. The van der Waals surface area contributed by atoms with E-state index in [0.29, 0.717) is 21.8 Å². The fourth-order valence-electron chi connectivity index (χ4n) is 3.68. The van der Waals surface area contributed by atoms with Crippen LogP contribution in [-0.2, 0) is 14.8 Å². The minimum atomic E-state index is -4.36. The van der Waals surface area contributed by atoms with Crippen LogP contribution in [0.3, 0.4) is 0 Å². The molecule has 7 nitrogen and oxygen atoms in total. The number of furan rings is 1. The summed E-state index contributed by atoms with van der Waals surface area (Å²) in [5.74, 6) is -1.03. The van der Waals surface area contributed by atoms with Crippen LogP contribution in [0.2, 0.25) is 5.02 Å². The van der Waals surface area contributed by atoms with E-state index in [1.165, 1.54) is 42.5 Å². The Balaban J connectivity index is 1.93. The van der Waals surface area contributed by atoms with Crippen LogP contribution in [0.4, 0.5) is 5.69 Å². The Labute approximate surface area is 207 Å². The molecule has 3 aromatic carbocycles. The zero-order chi connectivity index (χ0) is 25.3. The number of rotatable bonds is 6. The highest BCUT2D eigenvalue weighted by Crippen LogP contribution is 2.33. The van der Waals surface area contributed by atoms with Crippen molar-refractivity contribution in [1.82, 2.24) is 0 Å². The molecule has 0 radical (unpaired) electrons. The van der Waals surface area contributed by atoms with Gasteiger partial charge in [-0.25, -0.2) is 13.2 Å². The van der Waals surface area contributed by atoms with E-state index in [9.17, 15) is 18.0 Å². The molecule has 0 unspecified atom stereocenters. The van der Waals surface area contributed by atoms with Crippen molar-refractivity contribution in [3.63, 3.8) is 0 Å². The van der Waals surface area contributed by atoms with E-state index in [1.807, 2.05) is 6.92 Å². The lowest BCUT2D eigenvalue weighted by Gasteiger charge is -2.23. The van der Waals surface area contributed by atoms with Gasteiger partial charge in [0, 0.05) is 16.0 Å². The van der Waals surface area contributed by atoms with E-state index >= 15 is 0 Å². The van der Waals surface area contributed by atoms with Crippen LogP contribution in [0, 0.1) is 13.8 Å². The van der Waals surface area contributed by atoms with Gasteiger partial charge in [-0.15, -0.1) is 0 Å². The second kappa shape index (κ2) is 9.56. The van der Waals surface area contributed by atoms with Crippen LogP contribution in [0.1, 0.15) is 39.0 Å². The van der Waals surface area contributed by atoms with Gasteiger partial charge in [0.1, 0.15) is 16.9 Å². The Kier molecular flexibility index (Phi) is 6.69. The molecule has 1 aromatic heterocycles. The molecular weight excluding hydrogens is 490 g/mol. The third-order valence-electron chi connectivity index (χ3n) is 5.40. The maximum absolute atomic E-state index is 13.7. The first kappa shape index (κ1) is 24.5. The zero-order valence-electron chi connectivity index (χ0n) is 19.2. The number of ether oxygens (including phenoxy) is 1. The predicted molar refractivity (Wildman–Crippen MR) is 134 cm³/mol. The summed E-state index contributed by atoms with van der Waals surface area (Å²) >= 11 is 5.94. The molecule has 0 aliphatic carbocycles. The van der Waals surface area contributed by atoms with Crippen molar-refractivity contribution >= 4 is 50.2 Å². The van der Waals surface area contributed by atoms with Gasteiger partial charge in [-0.3, -0.25) is 4.79 Å². The van der Waals surface area contributed by atoms with Crippen molar-refractivity contribution in [2.24, 2.45) is 0 Å². The number of halogens is 1. The molecule has 4 aromatic rings. The Morgan fingerprint density at radius 1 is 0.971 bits per heavy atom. The number of fused-ring (bicyclic) bond motifs is 1. The fraction of sp³-hybridized carbons (Fsp3) is 0.154. The topological polar surface area (TPSA) is 93.9 Å². The minimum absolute atomic E-state index is 0.0457. The van der Waals surface area contributed by atoms with Gasteiger partial charge in [0.15, 0.2) is 0 Å². The molecule has 0 saturated heterocycles. The number of esters is 1. The summed E-state index contributed by atoms with van der Waals surface area (Å²) in [4.78, 5) is 26.1. The lowest BCUT2D eigenvalue weighted by Crippen LogP contribution is -2.37. The van der Waals surface area contributed by atoms with Gasteiger partial charge in [-0.2, -0.15) is 4.31 Å². The number of carbonyl (C=O) groups is 2. The highest BCUT2D eigenvalue weighted by Gasteiger charge is 2.33. The van der Waals surface area contributed by atoms with Crippen LogP contribution in [-0.4, -0.2) is 26.9 Å². The van der Waals surface area contributed by atoms with Crippen LogP contribution in [0.15, 0.2) is 76.0 Å². The lowest BCUT2D eigenvalue weighted by molar-refractivity contribution is 0.0526. The second-order valence-electron chi connectivity index (χ2n) is 7.83. The Morgan fingerprint density at radius 2 is 1.63 bits per heavy atom. The van der Waals surface area contributed by atoms with E-state index < -0.39 is 21.9 Å². The average molecular weight is 512 g/mol. The van der Waals surface area contributed by atoms with Crippen molar-refractivity contribution in [3.8, 4) is 0 Å². The molecule has 0 bridgehead atoms. The Bertz CT molecular complexity index is 1520. The third-order valence-corrected chi connectivity index (χ3v) is 7.37. The SMILES string of the molecule is CCOC(=O)c1c(C)oc2ccc(N(C(=O)c3ccc(C)cc3)S(=O)(=O)c3ccc(Cl)cc3)cc12. The number of benzene rings is 3. The van der Waals surface area contributed by atoms with Gasteiger partial charge in [0.25, 0.3) is 15.9 Å². The molecule has 0 N–H and O–H groups in total. The van der Waals surface area contributed by atoms with Crippen molar-refractivity contribution in [3.05, 3.63) is 94.2 Å². The molecule has 0 aliphatic rings. The summed E-state index contributed by atoms with van der Waals surface area (Å²) in [5, 5.41) is 0.696. The van der Waals surface area contributed by atoms with Gasteiger partial charge < -0.3 is 9.15 Å². The van der Waals surface area contributed by atoms with Crippen LogP contribution in [0.25, 0.3) is 11.0 Å². The number of aryl methyl sites for hydroxylation is 2. The normalized spacial score (nSPS) is 11.4. The van der Waals surface area contributed by atoms with Gasteiger partial charge in [-0.1, -0.05) is 29.3 Å². The summed E-state index contributed by atoms with van der Waals surface area (Å²) in [6.45, 7) is 5.32. The van der Waals surface area contributed by atoms with E-state index in [4.69, 9.17) is 20.8 Å². The summed E-state index contributed by atoms with van der Waals surface area (Å²) in [5.41, 5.74) is 1.69. The summed E-state index contributed by atoms with van der Waals surface area (Å²) in [7, 11) is -4.36. The van der Waals surface area contributed by atoms with E-state index in [1.54, 1.807) is 38.1 Å². The highest BCUT2D eigenvalue weighted by molar-refractivity contribution is 7.93. The van der Waals surface area contributed by atoms with Crippen molar-refractivity contribution in [2.75, 3.05) is 10.9 Å². The van der Waals surface area contributed by atoms with E-state index in [2.05, 4.69) is 0 Å². The molecule has 0 saturated carbocycles. The first-order chi connectivity index (χ1) is 16.6. The molecule has 1 heterocycles. The molecule has 9 heteroatoms. The minimum Gasteiger partial charge on any atom is -0.462 e. The number of amides is 1. The van der Waals surface area contributed by atoms with Crippen molar-refractivity contribution < 1.29 is 27.2 Å². The molecular formula is C26H22ClNO6S. The molecule has 35 heavy (non-hydrogen) atoms.